The third-order valence-corrected chi connectivity index (χ3v) is 3.69. The van der Waals surface area contributed by atoms with E-state index >= 15 is 0 Å². The molecule has 0 saturated heterocycles. The van der Waals surface area contributed by atoms with Crippen molar-refractivity contribution in [3.8, 4) is 5.75 Å². The van der Waals surface area contributed by atoms with E-state index in [1.54, 1.807) is 12.1 Å². The molecule has 0 aromatic heterocycles. The number of benzene rings is 2. The van der Waals surface area contributed by atoms with Crippen LogP contribution in [0, 0.1) is 26.6 Å². The minimum absolute atomic E-state index is 0.185. The van der Waals surface area contributed by atoms with E-state index < -0.39 is 0 Å². The van der Waals surface area contributed by atoms with Crippen molar-refractivity contribution in [1.82, 2.24) is 0 Å². The van der Waals surface area contributed by atoms with E-state index in [-0.39, 0.29) is 17.6 Å². The number of aryl methyl sites for hydroxylation is 3. The molecule has 1 atom stereocenters. The van der Waals surface area contributed by atoms with Gasteiger partial charge in [-0.2, -0.15) is 0 Å². The predicted octanol–water partition coefficient (Wildman–Crippen LogP) is 4.35. The standard InChI is InChI=1S/C18H22FNO/c1-11-7-12(2)16(13(3)8-11)10-21-18-6-5-15(14(4)20)9-17(18)19/h5-9,14H,10,20H2,1-4H3/t14-/m1/s1. The highest BCUT2D eigenvalue weighted by Gasteiger charge is 2.09. The number of rotatable bonds is 4. The van der Waals surface area contributed by atoms with Crippen LogP contribution >= 0.6 is 0 Å². The number of halogens is 1. The van der Waals surface area contributed by atoms with Crippen LogP contribution < -0.4 is 10.5 Å². The highest BCUT2D eigenvalue weighted by molar-refractivity contribution is 5.38. The van der Waals surface area contributed by atoms with Gasteiger partial charge in [-0.05, 0) is 62.1 Å². The lowest BCUT2D eigenvalue weighted by atomic mass is 10.0. The lowest BCUT2D eigenvalue weighted by molar-refractivity contribution is 0.288. The van der Waals surface area contributed by atoms with E-state index in [9.17, 15) is 4.39 Å². The highest BCUT2D eigenvalue weighted by atomic mass is 19.1. The van der Waals surface area contributed by atoms with Crippen molar-refractivity contribution in [2.75, 3.05) is 0 Å². The van der Waals surface area contributed by atoms with Gasteiger partial charge in [0.2, 0.25) is 0 Å². The van der Waals surface area contributed by atoms with Gasteiger partial charge in [-0.15, -0.1) is 0 Å². The third kappa shape index (κ3) is 3.61. The summed E-state index contributed by atoms with van der Waals surface area (Å²) in [5.41, 5.74) is 11.2. The predicted molar refractivity (Wildman–Crippen MR) is 84.0 cm³/mol. The van der Waals surface area contributed by atoms with Crippen molar-refractivity contribution in [1.29, 1.82) is 0 Å². The summed E-state index contributed by atoms with van der Waals surface area (Å²) in [5, 5.41) is 0. The molecule has 0 aliphatic heterocycles. The molecule has 3 heteroatoms. The Hall–Kier alpha value is -1.87. The Labute approximate surface area is 125 Å². The minimum atomic E-state index is -0.368. The van der Waals surface area contributed by atoms with Gasteiger partial charge in [0.25, 0.3) is 0 Å². The maximum atomic E-state index is 14.0. The fourth-order valence-electron chi connectivity index (χ4n) is 2.50. The SMILES string of the molecule is Cc1cc(C)c(COc2ccc([C@@H](C)N)cc2F)c(C)c1. The zero-order valence-electron chi connectivity index (χ0n) is 13.0. The summed E-state index contributed by atoms with van der Waals surface area (Å²) in [6.45, 7) is 8.36. The topological polar surface area (TPSA) is 35.2 Å². The van der Waals surface area contributed by atoms with E-state index in [0.717, 1.165) is 11.1 Å². The molecule has 2 nitrogen and oxygen atoms in total. The molecule has 0 aliphatic rings. The molecule has 0 spiro atoms. The zero-order chi connectivity index (χ0) is 15.6. The monoisotopic (exact) mass is 287 g/mol. The Kier molecular flexibility index (Phi) is 4.63. The van der Waals surface area contributed by atoms with Gasteiger partial charge >= 0.3 is 0 Å². The summed E-state index contributed by atoms with van der Waals surface area (Å²) in [6.07, 6.45) is 0. The Morgan fingerprint density at radius 3 is 2.24 bits per heavy atom. The van der Waals surface area contributed by atoms with E-state index in [2.05, 4.69) is 19.1 Å². The largest absolute Gasteiger partial charge is 0.486 e. The Morgan fingerprint density at radius 2 is 1.71 bits per heavy atom. The highest BCUT2D eigenvalue weighted by Crippen LogP contribution is 2.24. The summed E-state index contributed by atoms with van der Waals surface area (Å²) < 4.78 is 19.6. The first-order chi connectivity index (χ1) is 9.88. The Morgan fingerprint density at radius 1 is 1.10 bits per heavy atom. The van der Waals surface area contributed by atoms with Gasteiger partial charge in [-0.25, -0.2) is 4.39 Å². The molecule has 0 heterocycles. The van der Waals surface area contributed by atoms with Crippen LogP contribution in [-0.4, -0.2) is 0 Å². The second-order valence-corrected chi connectivity index (χ2v) is 5.64. The van der Waals surface area contributed by atoms with Crippen LogP contribution in [0.15, 0.2) is 30.3 Å². The number of ether oxygens (including phenoxy) is 1. The summed E-state index contributed by atoms with van der Waals surface area (Å²) in [6, 6.07) is 8.93. The molecule has 2 aromatic rings. The maximum Gasteiger partial charge on any atom is 0.165 e. The van der Waals surface area contributed by atoms with E-state index in [4.69, 9.17) is 10.5 Å². The molecule has 0 saturated carbocycles. The minimum Gasteiger partial charge on any atom is -0.486 e. The molecule has 0 amide bonds. The van der Waals surface area contributed by atoms with Gasteiger partial charge in [0, 0.05) is 6.04 Å². The lowest BCUT2D eigenvalue weighted by Gasteiger charge is -2.14. The Balaban J connectivity index is 2.17. The second kappa shape index (κ2) is 6.27. The van der Waals surface area contributed by atoms with Crippen molar-refractivity contribution in [2.45, 2.75) is 40.3 Å². The van der Waals surface area contributed by atoms with Gasteiger partial charge in [0.15, 0.2) is 11.6 Å². The molecular formula is C18H22FNO. The molecule has 0 fully saturated rings. The van der Waals surface area contributed by atoms with Crippen LogP contribution in [0.3, 0.4) is 0 Å². The van der Waals surface area contributed by atoms with E-state index in [0.29, 0.717) is 6.61 Å². The number of hydrogen-bond acceptors (Lipinski definition) is 2. The van der Waals surface area contributed by atoms with Gasteiger partial charge in [-0.3, -0.25) is 0 Å². The average Bonchev–Trinajstić information content (AvgIpc) is 2.38. The maximum absolute atomic E-state index is 14.0. The fraction of sp³-hybridized carbons (Fsp3) is 0.333. The average molecular weight is 287 g/mol. The summed E-state index contributed by atoms with van der Waals surface area (Å²) in [4.78, 5) is 0. The molecule has 0 aliphatic carbocycles. The first-order valence-electron chi connectivity index (χ1n) is 7.13. The first kappa shape index (κ1) is 15.5. The number of hydrogen-bond donors (Lipinski definition) is 1. The smallest absolute Gasteiger partial charge is 0.165 e. The van der Waals surface area contributed by atoms with Crippen LogP contribution in [0.1, 0.15) is 40.8 Å². The van der Waals surface area contributed by atoms with Crippen LogP contribution in [0.2, 0.25) is 0 Å². The van der Waals surface area contributed by atoms with Crippen LogP contribution in [0.5, 0.6) is 5.75 Å². The van der Waals surface area contributed by atoms with Gasteiger partial charge < -0.3 is 10.5 Å². The molecule has 2 aromatic carbocycles. The molecule has 0 unspecified atom stereocenters. The molecule has 112 valence electrons. The van der Waals surface area contributed by atoms with E-state index in [1.807, 2.05) is 20.8 Å². The fourth-order valence-corrected chi connectivity index (χ4v) is 2.50. The molecule has 2 N–H and O–H groups in total. The molecule has 2 rings (SSSR count). The summed E-state index contributed by atoms with van der Waals surface area (Å²) in [5.74, 6) is -0.106. The third-order valence-electron chi connectivity index (χ3n) is 3.69. The lowest BCUT2D eigenvalue weighted by Crippen LogP contribution is -2.06. The van der Waals surface area contributed by atoms with Crippen molar-refractivity contribution in [3.63, 3.8) is 0 Å². The van der Waals surface area contributed by atoms with Gasteiger partial charge in [0.05, 0.1) is 0 Å². The molecule has 0 bridgehead atoms. The molecule has 21 heavy (non-hydrogen) atoms. The second-order valence-electron chi connectivity index (χ2n) is 5.64. The van der Waals surface area contributed by atoms with Crippen molar-refractivity contribution in [2.24, 2.45) is 5.73 Å². The van der Waals surface area contributed by atoms with E-state index in [1.165, 1.54) is 22.8 Å². The van der Waals surface area contributed by atoms with Crippen LogP contribution in [0.25, 0.3) is 0 Å². The van der Waals surface area contributed by atoms with Crippen molar-refractivity contribution in [3.05, 3.63) is 64.0 Å². The van der Waals surface area contributed by atoms with Gasteiger partial charge in [-0.1, -0.05) is 23.8 Å². The zero-order valence-corrected chi connectivity index (χ0v) is 13.0. The summed E-state index contributed by atoms with van der Waals surface area (Å²) >= 11 is 0. The number of nitrogens with two attached hydrogens (primary N) is 1. The Bertz CT molecular complexity index is 627. The summed E-state index contributed by atoms with van der Waals surface area (Å²) in [7, 11) is 0. The van der Waals surface area contributed by atoms with Gasteiger partial charge in [0.1, 0.15) is 6.61 Å². The quantitative estimate of drug-likeness (QED) is 0.907. The van der Waals surface area contributed by atoms with Crippen molar-refractivity contribution < 1.29 is 9.13 Å². The van der Waals surface area contributed by atoms with Crippen LogP contribution in [0.4, 0.5) is 4.39 Å². The normalized spacial score (nSPS) is 12.3. The first-order valence-corrected chi connectivity index (χ1v) is 7.13. The van der Waals surface area contributed by atoms with Crippen molar-refractivity contribution >= 4 is 0 Å². The molecule has 0 radical (unpaired) electrons. The van der Waals surface area contributed by atoms with Crippen LogP contribution in [-0.2, 0) is 6.61 Å². The molecular weight excluding hydrogens is 265 g/mol.